The normalized spacial score (nSPS) is 11.6. The van der Waals surface area contributed by atoms with E-state index in [1.165, 1.54) is 0 Å². The Bertz CT molecular complexity index is 371. The zero-order valence-corrected chi connectivity index (χ0v) is 8.95. The van der Waals surface area contributed by atoms with Gasteiger partial charge in [0.05, 0.1) is 18.4 Å². The van der Waals surface area contributed by atoms with E-state index in [1.807, 2.05) is 13.0 Å². The minimum absolute atomic E-state index is 0.105. The van der Waals surface area contributed by atoms with E-state index >= 15 is 0 Å². The van der Waals surface area contributed by atoms with Crippen molar-refractivity contribution in [2.45, 2.75) is 13.0 Å². The van der Waals surface area contributed by atoms with Gasteiger partial charge in [0.15, 0.2) is 0 Å². The van der Waals surface area contributed by atoms with Crippen molar-refractivity contribution < 1.29 is 4.74 Å². The van der Waals surface area contributed by atoms with Crippen LogP contribution in [0.4, 0.5) is 5.69 Å². The van der Waals surface area contributed by atoms with Crippen LogP contribution in [0.5, 0.6) is 5.75 Å². The molecule has 80 valence electrons. The smallest absolute Gasteiger partial charge is 0.143 e. The van der Waals surface area contributed by atoms with Gasteiger partial charge in [-0.05, 0) is 19.1 Å². The van der Waals surface area contributed by atoms with Gasteiger partial charge in [-0.25, -0.2) is 0 Å². The number of anilines is 1. The van der Waals surface area contributed by atoms with Crippen LogP contribution in [0, 0.1) is 11.3 Å². The molecule has 0 radical (unpaired) electrons. The zero-order valence-electron chi connectivity index (χ0n) is 8.95. The highest BCUT2D eigenvalue weighted by molar-refractivity contribution is 5.66. The van der Waals surface area contributed by atoms with E-state index in [1.54, 1.807) is 19.2 Å². The fourth-order valence-corrected chi connectivity index (χ4v) is 1.25. The molecule has 4 heteroatoms. The van der Waals surface area contributed by atoms with Crippen LogP contribution in [0.1, 0.15) is 12.5 Å². The molecule has 4 nitrogen and oxygen atoms in total. The van der Waals surface area contributed by atoms with Gasteiger partial charge in [0.1, 0.15) is 11.8 Å². The Balaban J connectivity index is 3.06. The highest BCUT2D eigenvalue weighted by atomic mass is 16.5. The molecule has 1 atom stereocenters. The van der Waals surface area contributed by atoms with Crippen molar-refractivity contribution in [3.8, 4) is 11.8 Å². The molecular weight excluding hydrogens is 190 g/mol. The Kier molecular flexibility index (Phi) is 3.95. The minimum Gasteiger partial charge on any atom is -0.495 e. The van der Waals surface area contributed by atoms with E-state index < -0.39 is 0 Å². The first-order valence-electron chi connectivity index (χ1n) is 4.76. The van der Waals surface area contributed by atoms with Gasteiger partial charge >= 0.3 is 0 Å². The number of methoxy groups -OCH3 is 1. The van der Waals surface area contributed by atoms with Crippen molar-refractivity contribution in [1.29, 1.82) is 5.26 Å². The molecule has 0 bridgehead atoms. The lowest BCUT2D eigenvalue weighted by atomic mass is 10.1. The van der Waals surface area contributed by atoms with Gasteiger partial charge in [0.25, 0.3) is 0 Å². The molecule has 0 fully saturated rings. The summed E-state index contributed by atoms with van der Waals surface area (Å²) in [4.78, 5) is 0. The highest BCUT2D eigenvalue weighted by Gasteiger charge is 2.10. The van der Waals surface area contributed by atoms with E-state index in [0.717, 1.165) is 0 Å². The van der Waals surface area contributed by atoms with Gasteiger partial charge in [-0.3, -0.25) is 0 Å². The van der Waals surface area contributed by atoms with Crippen molar-refractivity contribution in [3.05, 3.63) is 23.8 Å². The van der Waals surface area contributed by atoms with Gasteiger partial charge < -0.3 is 15.8 Å². The number of nitrogens with two attached hydrogens (primary N) is 1. The zero-order chi connectivity index (χ0) is 11.3. The van der Waals surface area contributed by atoms with Crippen LogP contribution < -0.4 is 15.8 Å². The molecule has 0 saturated heterocycles. The van der Waals surface area contributed by atoms with E-state index in [4.69, 9.17) is 15.7 Å². The lowest BCUT2D eigenvalue weighted by Crippen LogP contribution is -2.25. The molecule has 1 aromatic rings. The fourth-order valence-electron chi connectivity index (χ4n) is 1.25. The number of nitrogens with zero attached hydrogens (tertiary/aromatic N) is 1. The summed E-state index contributed by atoms with van der Waals surface area (Å²) in [5, 5.41) is 12.1. The molecule has 15 heavy (non-hydrogen) atoms. The van der Waals surface area contributed by atoms with E-state index in [0.29, 0.717) is 23.5 Å². The summed E-state index contributed by atoms with van der Waals surface area (Å²) < 4.78 is 5.18. The fraction of sp³-hybridized carbons (Fsp3) is 0.364. The molecule has 0 aliphatic carbocycles. The number of nitriles is 1. The number of benzene rings is 1. The van der Waals surface area contributed by atoms with Crippen molar-refractivity contribution in [2.75, 3.05) is 19.0 Å². The maximum absolute atomic E-state index is 8.95. The first-order chi connectivity index (χ1) is 7.22. The average molecular weight is 205 g/mol. The molecule has 1 unspecified atom stereocenters. The number of rotatable bonds is 4. The second kappa shape index (κ2) is 5.23. The van der Waals surface area contributed by atoms with E-state index in [-0.39, 0.29) is 6.04 Å². The van der Waals surface area contributed by atoms with Crippen LogP contribution in [0.15, 0.2) is 18.2 Å². The third-order valence-corrected chi connectivity index (χ3v) is 2.11. The van der Waals surface area contributed by atoms with Crippen LogP contribution in [-0.2, 0) is 0 Å². The van der Waals surface area contributed by atoms with Crippen molar-refractivity contribution >= 4 is 5.69 Å². The van der Waals surface area contributed by atoms with Crippen molar-refractivity contribution in [2.24, 2.45) is 5.73 Å². The maximum Gasteiger partial charge on any atom is 0.143 e. The van der Waals surface area contributed by atoms with Gasteiger partial charge in [-0.1, -0.05) is 6.07 Å². The molecule has 0 saturated carbocycles. The molecule has 0 amide bonds. The van der Waals surface area contributed by atoms with Crippen molar-refractivity contribution in [1.82, 2.24) is 0 Å². The third kappa shape index (κ3) is 2.61. The second-order valence-electron chi connectivity index (χ2n) is 3.28. The molecule has 1 aromatic carbocycles. The Morgan fingerprint density at radius 3 is 2.87 bits per heavy atom. The maximum atomic E-state index is 8.95. The summed E-state index contributed by atoms with van der Waals surface area (Å²) in [5.41, 5.74) is 6.79. The highest BCUT2D eigenvalue weighted by Crippen LogP contribution is 2.28. The molecule has 0 spiro atoms. The first kappa shape index (κ1) is 11.3. The molecule has 3 N–H and O–H groups in total. The summed E-state index contributed by atoms with van der Waals surface area (Å²) in [5.74, 6) is 0.661. The second-order valence-corrected chi connectivity index (χ2v) is 3.28. The standard InChI is InChI=1S/C11H15N3O/c1-8(6-12)14-11-9(7-13)4-3-5-10(11)15-2/h3-5,8,14H,6,12H2,1-2H3. The predicted molar refractivity (Wildman–Crippen MR) is 59.8 cm³/mol. The summed E-state index contributed by atoms with van der Waals surface area (Å²) in [7, 11) is 1.58. The Labute approximate surface area is 89.7 Å². The monoisotopic (exact) mass is 205 g/mol. The van der Waals surface area contributed by atoms with E-state index in [2.05, 4.69) is 11.4 Å². The SMILES string of the molecule is COc1cccc(C#N)c1NC(C)CN. The van der Waals surface area contributed by atoms with Crippen LogP contribution >= 0.6 is 0 Å². The van der Waals surface area contributed by atoms with E-state index in [9.17, 15) is 0 Å². The Morgan fingerprint density at radius 2 is 2.33 bits per heavy atom. The van der Waals surface area contributed by atoms with Crippen LogP contribution in [-0.4, -0.2) is 19.7 Å². The van der Waals surface area contributed by atoms with Gasteiger partial charge in [-0.15, -0.1) is 0 Å². The van der Waals surface area contributed by atoms with Crippen LogP contribution in [0.2, 0.25) is 0 Å². The summed E-state index contributed by atoms with van der Waals surface area (Å²) >= 11 is 0. The molecular formula is C11H15N3O. The minimum atomic E-state index is 0.105. The molecule has 0 aliphatic rings. The number of hydrogen-bond donors (Lipinski definition) is 2. The summed E-state index contributed by atoms with van der Waals surface area (Å²) in [6.07, 6.45) is 0. The first-order valence-corrected chi connectivity index (χ1v) is 4.76. The van der Waals surface area contributed by atoms with Crippen LogP contribution in [0.3, 0.4) is 0 Å². The third-order valence-electron chi connectivity index (χ3n) is 2.11. The number of para-hydroxylation sites is 1. The van der Waals surface area contributed by atoms with Crippen LogP contribution in [0.25, 0.3) is 0 Å². The Hall–Kier alpha value is -1.73. The number of hydrogen-bond acceptors (Lipinski definition) is 4. The Morgan fingerprint density at radius 1 is 1.60 bits per heavy atom. The lowest BCUT2D eigenvalue weighted by Gasteiger charge is -2.16. The van der Waals surface area contributed by atoms with Gasteiger partial charge in [0.2, 0.25) is 0 Å². The predicted octanol–water partition coefficient (Wildman–Crippen LogP) is 1.33. The summed E-state index contributed by atoms with van der Waals surface area (Å²) in [6, 6.07) is 7.56. The lowest BCUT2D eigenvalue weighted by molar-refractivity contribution is 0.416. The van der Waals surface area contributed by atoms with Gasteiger partial charge in [-0.2, -0.15) is 5.26 Å². The topological polar surface area (TPSA) is 71.1 Å². The average Bonchev–Trinajstić information content (AvgIpc) is 2.29. The largest absolute Gasteiger partial charge is 0.495 e. The quantitative estimate of drug-likeness (QED) is 0.777. The van der Waals surface area contributed by atoms with Crippen molar-refractivity contribution in [3.63, 3.8) is 0 Å². The molecule has 0 aliphatic heterocycles. The molecule has 0 aromatic heterocycles. The molecule has 0 heterocycles. The van der Waals surface area contributed by atoms with Gasteiger partial charge in [0, 0.05) is 12.6 Å². The summed E-state index contributed by atoms with van der Waals surface area (Å²) in [6.45, 7) is 2.45. The number of ether oxygens (including phenoxy) is 1. The number of nitrogens with one attached hydrogen (secondary N) is 1. The molecule has 1 rings (SSSR count).